The van der Waals surface area contributed by atoms with Crippen LogP contribution in [0.15, 0.2) is 23.3 Å². The maximum atomic E-state index is 10.6. The van der Waals surface area contributed by atoms with Crippen LogP contribution in [0.25, 0.3) is 0 Å². The first kappa shape index (κ1) is 10.5. The minimum atomic E-state index is -0.435. The Balaban J connectivity index is 4.22. The summed E-state index contributed by atoms with van der Waals surface area (Å²) in [5, 5.41) is 0. The third-order valence-corrected chi connectivity index (χ3v) is 1.37. The van der Waals surface area contributed by atoms with Crippen molar-refractivity contribution in [3.05, 3.63) is 23.3 Å². The monoisotopic (exact) mass is 194 g/mol. The fourth-order valence-corrected chi connectivity index (χ4v) is 0.751. The number of carbonyl (C=O) groups excluding carboxylic acids is 1. The second-order valence-electron chi connectivity index (χ2n) is 1.67. The molecule has 0 aliphatic carbocycles. The van der Waals surface area contributed by atoms with Crippen LogP contribution >= 0.6 is 23.2 Å². The number of hydrogen-bond donors (Lipinski definition) is 0. The molecule has 0 unspecified atom stereocenters. The summed E-state index contributed by atoms with van der Waals surface area (Å²) in [5.74, 6) is -0.200. The topological polar surface area (TPSA) is 26.3 Å². The summed E-state index contributed by atoms with van der Waals surface area (Å²) in [7, 11) is 1.30. The van der Waals surface area contributed by atoms with E-state index in [9.17, 15) is 4.79 Å². The Hall–Kier alpha value is -0.470. The molecule has 0 atom stereocenters. The van der Waals surface area contributed by atoms with Gasteiger partial charge in [0, 0.05) is 17.5 Å². The van der Waals surface area contributed by atoms with Gasteiger partial charge in [0.15, 0.2) is 0 Å². The number of methoxy groups -OCH3 is 1. The molecule has 4 heteroatoms. The molecule has 11 heavy (non-hydrogen) atoms. The Morgan fingerprint density at radius 3 is 2.64 bits per heavy atom. The molecule has 62 valence electrons. The molecule has 0 bridgehead atoms. The van der Waals surface area contributed by atoms with E-state index in [1.807, 2.05) is 0 Å². The highest BCUT2D eigenvalue weighted by atomic mass is 35.5. The summed E-state index contributed by atoms with van der Waals surface area (Å²) in [6, 6.07) is 0. The zero-order chi connectivity index (χ0) is 8.69. The zero-order valence-electron chi connectivity index (χ0n) is 6.01. The lowest BCUT2D eigenvalue weighted by molar-refractivity contribution is -0.134. The van der Waals surface area contributed by atoms with E-state index in [0.29, 0.717) is 5.57 Å². The van der Waals surface area contributed by atoms with E-state index in [1.54, 1.807) is 0 Å². The highest BCUT2D eigenvalue weighted by Gasteiger charge is 1.95. The van der Waals surface area contributed by atoms with Gasteiger partial charge in [0.2, 0.25) is 0 Å². The van der Waals surface area contributed by atoms with Crippen LogP contribution in [-0.2, 0) is 9.53 Å². The normalized spacial score (nSPS) is 12.1. The summed E-state index contributed by atoms with van der Waals surface area (Å²) in [6.07, 6.45) is 2.82. The summed E-state index contributed by atoms with van der Waals surface area (Å²) >= 11 is 10.7. The second-order valence-corrected chi connectivity index (χ2v) is 2.19. The number of carbonyl (C=O) groups is 1. The van der Waals surface area contributed by atoms with Crippen molar-refractivity contribution < 1.29 is 9.53 Å². The van der Waals surface area contributed by atoms with Crippen LogP contribution in [0.5, 0.6) is 0 Å². The van der Waals surface area contributed by atoms with Gasteiger partial charge in [-0.15, -0.1) is 11.6 Å². The van der Waals surface area contributed by atoms with Gasteiger partial charge in [-0.3, -0.25) is 0 Å². The van der Waals surface area contributed by atoms with Crippen molar-refractivity contribution in [3.8, 4) is 0 Å². The molecule has 0 saturated heterocycles. The summed E-state index contributed by atoms with van der Waals surface area (Å²) in [4.78, 5) is 10.6. The maximum absolute atomic E-state index is 10.6. The molecule has 0 rings (SSSR count). The van der Waals surface area contributed by atoms with Crippen molar-refractivity contribution in [1.82, 2.24) is 0 Å². The molecule has 0 aromatic carbocycles. The fourth-order valence-electron chi connectivity index (χ4n) is 0.422. The fraction of sp³-hybridized carbons (Fsp3) is 0.286. The molecule has 0 heterocycles. The number of ether oxygens (including phenoxy) is 1. The number of halogens is 2. The van der Waals surface area contributed by atoms with E-state index in [0.717, 1.165) is 0 Å². The molecule has 0 radical (unpaired) electrons. The Morgan fingerprint density at radius 2 is 2.27 bits per heavy atom. The largest absolute Gasteiger partial charge is 0.466 e. The van der Waals surface area contributed by atoms with E-state index >= 15 is 0 Å². The smallest absolute Gasteiger partial charge is 0.330 e. The Labute approximate surface area is 75.4 Å². The molecular formula is C7H8Cl2O2. The molecule has 0 aromatic rings. The number of hydrogen-bond acceptors (Lipinski definition) is 2. The predicted molar refractivity (Wildman–Crippen MR) is 45.8 cm³/mol. The molecule has 0 amide bonds. The molecule has 0 aromatic heterocycles. The average Bonchev–Trinajstić information content (AvgIpc) is 2.03. The molecule has 0 saturated carbocycles. The van der Waals surface area contributed by atoms with Gasteiger partial charge < -0.3 is 4.74 Å². The van der Waals surface area contributed by atoms with Crippen LogP contribution in [0, 0.1) is 0 Å². The highest BCUT2D eigenvalue weighted by Crippen LogP contribution is 2.01. The third-order valence-electron chi connectivity index (χ3n) is 0.936. The van der Waals surface area contributed by atoms with Crippen LogP contribution in [0.4, 0.5) is 0 Å². The van der Waals surface area contributed by atoms with Crippen molar-refractivity contribution in [3.63, 3.8) is 0 Å². The molecule has 0 N–H and O–H groups in total. The second kappa shape index (κ2) is 6.25. The lowest BCUT2D eigenvalue weighted by atomic mass is 10.3. The quantitative estimate of drug-likeness (QED) is 0.298. The van der Waals surface area contributed by atoms with E-state index < -0.39 is 5.97 Å². The first-order valence-corrected chi connectivity index (χ1v) is 3.83. The van der Waals surface area contributed by atoms with E-state index in [1.165, 1.54) is 24.8 Å². The number of allylic oxidation sites excluding steroid dienone is 2. The predicted octanol–water partition coefficient (Wildman–Crippen LogP) is 2.08. The lowest BCUT2D eigenvalue weighted by Crippen LogP contribution is -1.96. The standard InChI is InChI=1S/C7H8Cl2O2/c1-11-7(10)4-6(5-9)2-3-8/h2-4H,5H2,1H3/b3-2+,6-4-. The zero-order valence-corrected chi connectivity index (χ0v) is 7.52. The molecule has 0 aliphatic heterocycles. The summed E-state index contributed by atoms with van der Waals surface area (Å²) < 4.78 is 4.38. The summed E-state index contributed by atoms with van der Waals surface area (Å²) in [5.41, 5.74) is 1.91. The molecule has 0 spiro atoms. The first-order chi connectivity index (χ1) is 5.24. The lowest BCUT2D eigenvalue weighted by Gasteiger charge is -1.93. The summed E-state index contributed by atoms with van der Waals surface area (Å²) in [6.45, 7) is 0. The van der Waals surface area contributed by atoms with Crippen molar-refractivity contribution in [1.29, 1.82) is 0 Å². The van der Waals surface area contributed by atoms with Gasteiger partial charge in [-0.1, -0.05) is 11.6 Å². The minimum Gasteiger partial charge on any atom is -0.466 e. The van der Waals surface area contributed by atoms with Crippen molar-refractivity contribution >= 4 is 29.2 Å². The van der Waals surface area contributed by atoms with Crippen molar-refractivity contribution in [2.45, 2.75) is 0 Å². The van der Waals surface area contributed by atoms with Gasteiger partial charge in [-0.25, -0.2) is 4.79 Å². The van der Waals surface area contributed by atoms with E-state index in [2.05, 4.69) is 4.74 Å². The molecule has 0 aliphatic rings. The third kappa shape index (κ3) is 4.87. The van der Waals surface area contributed by atoms with Crippen LogP contribution in [0.2, 0.25) is 0 Å². The van der Waals surface area contributed by atoms with Gasteiger partial charge in [-0.2, -0.15) is 0 Å². The van der Waals surface area contributed by atoms with Gasteiger partial charge in [-0.05, 0) is 11.6 Å². The van der Waals surface area contributed by atoms with Crippen molar-refractivity contribution in [2.24, 2.45) is 0 Å². The number of alkyl halides is 1. The number of esters is 1. The van der Waals surface area contributed by atoms with E-state index in [4.69, 9.17) is 23.2 Å². The van der Waals surface area contributed by atoms with Crippen LogP contribution in [0.3, 0.4) is 0 Å². The molecule has 2 nitrogen and oxygen atoms in total. The Morgan fingerprint density at radius 1 is 1.64 bits per heavy atom. The number of rotatable bonds is 3. The van der Waals surface area contributed by atoms with E-state index in [-0.39, 0.29) is 5.88 Å². The van der Waals surface area contributed by atoms with Crippen LogP contribution in [-0.4, -0.2) is 19.0 Å². The van der Waals surface area contributed by atoms with Crippen LogP contribution < -0.4 is 0 Å². The Bertz CT molecular complexity index is 185. The molecular weight excluding hydrogens is 187 g/mol. The van der Waals surface area contributed by atoms with Crippen LogP contribution in [0.1, 0.15) is 0 Å². The van der Waals surface area contributed by atoms with Gasteiger partial charge in [0.25, 0.3) is 0 Å². The Kier molecular flexibility index (Phi) is 5.99. The molecule has 0 fully saturated rings. The maximum Gasteiger partial charge on any atom is 0.330 e. The minimum absolute atomic E-state index is 0.234. The van der Waals surface area contributed by atoms with Crippen molar-refractivity contribution in [2.75, 3.05) is 13.0 Å². The van der Waals surface area contributed by atoms with Gasteiger partial charge in [0.1, 0.15) is 0 Å². The average molecular weight is 195 g/mol. The SMILES string of the molecule is COC(=O)/C=C(/C=C/Cl)CCl. The van der Waals surface area contributed by atoms with Gasteiger partial charge in [0.05, 0.1) is 7.11 Å². The first-order valence-electron chi connectivity index (χ1n) is 2.85. The van der Waals surface area contributed by atoms with Gasteiger partial charge >= 0.3 is 5.97 Å². The highest BCUT2D eigenvalue weighted by molar-refractivity contribution is 6.26.